The smallest absolute Gasteiger partial charge is 0.106 e. The van der Waals surface area contributed by atoms with Gasteiger partial charge in [0, 0.05) is 0 Å². The first-order valence-corrected chi connectivity index (χ1v) is 8.85. The van der Waals surface area contributed by atoms with E-state index in [0.717, 1.165) is 6.42 Å². The fraction of sp³-hybridized carbons (Fsp3) is 0.429. The van der Waals surface area contributed by atoms with Gasteiger partial charge in [-0.15, -0.1) is 0 Å². The lowest BCUT2D eigenvalue weighted by atomic mass is 10.3. The van der Waals surface area contributed by atoms with Crippen molar-refractivity contribution in [1.82, 2.24) is 0 Å². The Kier molecular flexibility index (Phi) is 4.51. The van der Waals surface area contributed by atoms with E-state index in [0.29, 0.717) is 0 Å². The van der Waals surface area contributed by atoms with Gasteiger partial charge in [-0.3, -0.25) is 0 Å². The average molecular weight is 234 g/mol. The molecule has 0 radical (unpaired) electrons. The minimum absolute atomic E-state index is 0.240. The van der Waals surface area contributed by atoms with E-state index in [-0.39, 0.29) is 6.10 Å². The van der Waals surface area contributed by atoms with Crippen LogP contribution in [0, 0.1) is 0 Å². The number of allylic oxidation sites excluding steroid dienone is 1. The molecule has 1 nitrogen and oxygen atoms in total. The van der Waals surface area contributed by atoms with Crippen LogP contribution in [0.25, 0.3) is 0 Å². The zero-order chi connectivity index (χ0) is 12.2. The third-order valence-electron chi connectivity index (χ3n) is 3.25. The third-order valence-corrected chi connectivity index (χ3v) is 7.20. The molecule has 88 valence electrons. The van der Waals surface area contributed by atoms with Gasteiger partial charge in [0.2, 0.25) is 0 Å². The van der Waals surface area contributed by atoms with E-state index in [4.69, 9.17) is 0 Å². The molecule has 0 aliphatic rings. The second-order valence-electron chi connectivity index (χ2n) is 4.96. The summed E-state index contributed by atoms with van der Waals surface area (Å²) in [5.41, 5.74) is 0. The van der Waals surface area contributed by atoms with Crippen molar-refractivity contribution in [3.05, 3.63) is 41.6 Å². The molecule has 0 heterocycles. The van der Waals surface area contributed by atoms with Gasteiger partial charge in [-0.1, -0.05) is 59.9 Å². The van der Waals surface area contributed by atoms with Crippen molar-refractivity contribution in [2.24, 2.45) is 0 Å². The second kappa shape index (κ2) is 5.46. The van der Waals surface area contributed by atoms with Crippen LogP contribution in [0.4, 0.5) is 0 Å². The highest BCUT2D eigenvalue weighted by molar-refractivity contribution is 6.95. The van der Waals surface area contributed by atoms with Crippen molar-refractivity contribution < 1.29 is 5.11 Å². The van der Waals surface area contributed by atoms with Crippen LogP contribution in [0.1, 0.15) is 20.3 Å². The molecule has 0 saturated carbocycles. The highest BCUT2D eigenvalue weighted by atomic mass is 28.3. The van der Waals surface area contributed by atoms with E-state index in [1.165, 1.54) is 10.4 Å². The van der Waals surface area contributed by atoms with Crippen molar-refractivity contribution in [3.63, 3.8) is 0 Å². The van der Waals surface area contributed by atoms with Gasteiger partial charge in [-0.25, -0.2) is 0 Å². The fourth-order valence-corrected chi connectivity index (χ4v) is 3.79. The molecule has 0 amide bonds. The van der Waals surface area contributed by atoms with Gasteiger partial charge >= 0.3 is 0 Å². The van der Waals surface area contributed by atoms with Gasteiger partial charge in [-0.2, -0.15) is 0 Å². The quantitative estimate of drug-likeness (QED) is 0.794. The Hall–Kier alpha value is -0.863. The summed E-state index contributed by atoms with van der Waals surface area (Å²) in [6.07, 6.45) is 2.72. The molecule has 0 aromatic heterocycles. The molecule has 0 fully saturated rings. The summed E-state index contributed by atoms with van der Waals surface area (Å²) in [5.74, 6) is 0. The molecular weight excluding hydrogens is 212 g/mol. The SMILES string of the molecule is C/C(=C\C[C@H](C)O)[Si](C)(C)c1ccccc1. The number of rotatable bonds is 4. The topological polar surface area (TPSA) is 20.2 Å². The van der Waals surface area contributed by atoms with Gasteiger partial charge in [0.25, 0.3) is 0 Å². The van der Waals surface area contributed by atoms with Crippen LogP contribution in [-0.2, 0) is 0 Å². The van der Waals surface area contributed by atoms with Gasteiger partial charge in [-0.05, 0) is 20.3 Å². The summed E-state index contributed by atoms with van der Waals surface area (Å²) in [6.45, 7) is 8.74. The first kappa shape index (κ1) is 13.2. The molecule has 0 bridgehead atoms. The van der Waals surface area contributed by atoms with Crippen molar-refractivity contribution >= 4 is 13.3 Å². The number of benzene rings is 1. The second-order valence-corrected chi connectivity index (χ2v) is 9.58. The summed E-state index contributed by atoms with van der Waals surface area (Å²) in [5, 5.41) is 12.2. The molecule has 0 aliphatic heterocycles. The van der Waals surface area contributed by atoms with Crippen LogP contribution in [0.2, 0.25) is 13.1 Å². The summed E-state index contributed by atoms with van der Waals surface area (Å²) >= 11 is 0. The molecule has 0 unspecified atom stereocenters. The minimum atomic E-state index is -1.50. The first-order valence-electron chi connectivity index (χ1n) is 5.85. The molecule has 2 heteroatoms. The monoisotopic (exact) mass is 234 g/mol. The first-order chi connectivity index (χ1) is 7.44. The van der Waals surface area contributed by atoms with Crippen molar-refractivity contribution in [2.75, 3.05) is 0 Å². The maximum Gasteiger partial charge on any atom is 0.106 e. The predicted octanol–water partition coefficient (Wildman–Crippen LogP) is 2.86. The molecule has 1 atom stereocenters. The van der Waals surface area contributed by atoms with Crippen LogP contribution >= 0.6 is 0 Å². The normalized spacial score (nSPS) is 14.9. The van der Waals surface area contributed by atoms with E-state index in [1.54, 1.807) is 0 Å². The van der Waals surface area contributed by atoms with E-state index in [1.807, 2.05) is 6.92 Å². The van der Waals surface area contributed by atoms with Crippen LogP contribution in [0.15, 0.2) is 41.6 Å². The number of hydrogen-bond acceptors (Lipinski definition) is 1. The van der Waals surface area contributed by atoms with Gasteiger partial charge in [0.05, 0.1) is 6.10 Å². The van der Waals surface area contributed by atoms with Crippen molar-refractivity contribution in [3.8, 4) is 0 Å². The number of aliphatic hydroxyl groups is 1. The zero-order valence-corrected chi connectivity index (χ0v) is 11.7. The van der Waals surface area contributed by atoms with Crippen LogP contribution in [0.5, 0.6) is 0 Å². The van der Waals surface area contributed by atoms with E-state index < -0.39 is 8.07 Å². The molecule has 0 aliphatic carbocycles. The molecular formula is C14H22OSi. The van der Waals surface area contributed by atoms with Gasteiger partial charge < -0.3 is 5.11 Å². The van der Waals surface area contributed by atoms with Crippen LogP contribution in [0.3, 0.4) is 0 Å². The lowest BCUT2D eigenvalue weighted by Crippen LogP contribution is -2.42. The number of aliphatic hydroxyl groups excluding tert-OH is 1. The molecule has 1 rings (SSSR count). The van der Waals surface area contributed by atoms with Gasteiger partial charge in [0.1, 0.15) is 8.07 Å². The Morgan fingerprint density at radius 2 is 1.88 bits per heavy atom. The highest BCUT2D eigenvalue weighted by Crippen LogP contribution is 2.15. The Labute approximate surface area is 99.8 Å². The summed E-state index contributed by atoms with van der Waals surface area (Å²) in [7, 11) is -1.50. The summed E-state index contributed by atoms with van der Waals surface area (Å²) in [6, 6.07) is 10.7. The predicted molar refractivity (Wildman–Crippen MR) is 73.6 cm³/mol. The summed E-state index contributed by atoms with van der Waals surface area (Å²) in [4.78, 5) is 0. The molecule has 0 spiro atoms. The van der Waals surface area contributed by atoms with Crippen LogP contribution in [-0.4, -0.2) is 19.3 Å². The van der Waals surface area contributed by atoms with Crippen molar-refractivity contribution in [1.29, 1.82) is 0 Å². The van der Waals surface area contributed by atoms with Crippen molar-refractivity contribution in [2.45, 2.75) is 39.5 Å². The Morgan fingerprint density at radius 3 is 2.38 bits per heavy atom. The molecule has 0 saturated heterocycles. The minimum Gasteiger partial charge on any atom is -0.393 e. The zero-order valence-electron chi connectivity index (χ0n) is 10.7. The van der Waals surface area contributed by atoms with Gasteiger partial charge in [0.15, 0.2) is 0 Å². The Bertz CT molecular complexity index is 352. The Morgan fingerprint density at radius 1 is 1.31 bits per heavy atom. The molecule has 1 N–H and O–H groups in total. The standard InChI is InChI=1S/C14H22OSi/c1-12(15)10-11-13(2)16(3,4)14-8-6-5-7-9-14/h5-9,11-12,15H,10H2,1-4H3/b13-11+/t12-/m0/s1. The Balaban J connectivity index is 2.89. The van der Waals surface area contributed by atoms with Crippen LogP contribution < -0.4 is 5.19 Å². The lowest BCUT2D eigenvalue weighted by molar-refractivity contribution is 0.198. The molecule has 16 heavy (non-hydrogen) atoms. The van der Waals surface area contributed by atoms with E-state index in [2.05, 4.69) is 56.4 Å². The lowest BCUT2D eigenvalue weighted by Gasteiger charge is -2.24. The van der Waals surface area contributed by atoms with E-state index in [9.17, 15) is 5.11 Å². The maximum absolute atomic E-state index is 9.31. The number of hydrogen-bond donors (Lipinski definition) is 1. The largest absolute Gasteiger partial charge is 0.393 e. The molecule has 1 aromatic carbocycles. The van der Waals surface area contributed by atoms with E-state index >= 15 is 0 Å². The third kappa shape index (κ3) is 3.32. The summed E-state index contributed by atoms with van der Waals surface area (Å²) < 4.78 is 0. The molecule has 1 aromatic rings. The maximum atomic E-state index is 9.31. The fourth-order valence-electron chi connectivity index (χ4n) is 1.68. The average Bonchev–Trinajstić information content (AvgIpc) is 2.27. The highest BCUT2D eigenvalue weighted by Gasteiger charge is 2.24.